The Balaban J connectivity index is 1.55. The minimum atomic E-state index is -3.57. The molecule has 8 heteroatoms. The molecule has 4 rings (SSSR count). The highest BCUT2D eigenvalue weighted by atomic mass is 32.2. The minimum absolute atomic E-state index is 0.461. The summed E-state index contributed by atoms with van der Waals surface area (Å²) >= 11 is 0. The maximum atomic E-state index is 12.4. The first-order valence-electron chi connectivity index (χ1n) is 9.15. The Kier molecular flexibility index (Phi) is 4.46. The average molecular weight is 411 g/mol. The SMILES string of the molecule is Cc1noc(-c2ccc(-c3ccc(C4(C(=O)NS(C)(=O)=O)CC4)cc3)cc2)c1N. The third-order valence-corrected chi connectivity index (χ3v) is 5.85. The number of hydrogen-bond acceptors (Lipinski definition) is 6. The van der Waals surface area contributed by atoms with Crippen LogP contribution in [0.1, 0.15) is 24.1 Å². The van der Waals surface area contributed by atoms with Crippen molar-refractivity contribution in [1.82, 2.24) is 9.88 Å². The van der Waals surface area contributed by atoms with E-state index in [1.54, 1.807) is 6.92 Å². The van der Waals surface area contributed by atoms with Gasteiger partial charge in [-0.15, -0.1) is 0 Å². The van der Waals surface area contributed by atoms with E-state index in [1.165, 1.54) is 0 Å². The van der Waals surface area contributed by atoms with E-state index in [0.29, 0.717) is 30.0 Å². The van der Waals surface area contributed by atoms with Crippen molar-refractivity contribution < 1.29 is 17.7 Å². The fraction of sp³-hybridized carbons (Fsp3) is 0.238. The number of hydrogen-bond donors (Lipinski definition) is 2. The Morgan fingerprint density at radius 1 is 1.03 bits per heavy atom. The molecule has 2 aromatic carbocycles. The maximum Gasteiger partial charge on any atom is 0.244 e. The molecule has 0 bridgehead atoms. The zero-order valence-electron chi connectivity index (χ0n) is 16.1. The van der Waals surface area contributed by atoms with Crippen LogP contribution in [0.15, 0.2) is 53.1 Å². The highest BCUT2D eigenvalue weighted by molar-refractivity contribution is 7.89. The number of amides is 1. The van der Waals surface area contributed by atoms with Crippen molar-refractivity contribution >= 4 is 21.6 Å². The smallest absolute Gasteiger partial charge is 0.244 e. The maximum absolute atomic E-state index is 12.4. The van der Waals surface area contributed by atoms with Gasteiger partial charge in [0.2, 0.25) is 15.9 Å². The second-order valence-corrected chi connectivity index (χ2v) is 9.20. The van der Waals surface area contributed by atoms with E-state index < -0.39 is 21.3 Å². The van der Waals surface area contributed by atoms with Crippen molar-refractivity contribution in [3.8, 4) is 22.5 Å². The van der Waals surface area contributed by atoms with Crippen LogP contribution in [0.4, 0.5) is 5.69 Å². The highest BCUT2D eigenvalue weighted by Gasteiger charge is 2.51. The van der Waals surface area contributed by atoms with E-state index in [-0.39, 0.29) is 0 Å². The normalized spacial score (nSPS) is 15.1. The summed E-state index contributed by atoms with van der Waals surface area (Å²) < 4.78 is 30.2. The molecule has 0 unspecified atom stereocenters. The molecule has 3 N–H and O–H groups in total. The zero-order valence-corrected chi connectivity index (χ0v) is 16.9. The average Bonchev–Trinajstić information content (AvgIpc) is 3.43. The Hall–Kier alpha value is -3.13. The van der Waals surface area contributed by atoms with E-state index in [9.17, 15) is 13.2 Å². The number of aryl methyl sites for hydroxylation is 1. The molecule has 150 valence electrons. The van der Waals surface area contributed by atoms with Gasteiger partial charge >= 0.3 is 0 Å². The van der Waals surface area contributed by atoms with Crippen molar-refractivity contribution in [1.29, 1.82) is 0 Å². The molecule has 1 aliphatic rings. The third kappa shape index (κ3) is 3.63. The summed E-state index contributed by atoms with van der Waals surface area (Å²) in [4.78, 5) is 12.4. The number of anilines is 1. The van der Waals surface area contributed by atoms with E-state index in [0.717, 1.165) is 28.5 Å². The van der Waals surface area contributed by atoms with Gasteiger partial charge in [0, 0.05) is 5.56 Å². The number of benzene rings is 2. The molecule has 1 heterocycles. The quantitative estimate of drug-likeness (QED) is 0.667. The molecule has 7 nitrogen and oxygen atoms in total. The lowest BCUT2D eigenvalue weighted by Crippen LogP contribution is -2.38. The van der Waals surface area contributed by atoms with Gasteiger partial charge in [0.05, 0.1) is 11.7 Å². The molecule has 1 saturated carbocycles. The molecule has 0 radical (unpaired) electrons. The van der Waals surface area contributed by atoms with E-state index in [2.05, 4.69) is 9.88 Å². The van der Waals surface area contributed by atoms with Crippen LogP contribution in [0.25, 0.3) is 22.5 Å². The monoisotopic (exact) mass is 411 g/mol. The van der Waals surface area contributed by atoms with Crippen molar-refractivity contribution in [3.05, 3.63) is 59.8 Å². The van der Waals surface area contributed by atoms with Gasteiger partial charge < -0.3 is 10.3 Å². The number of nitrogens with zero attached hydrogens (tertiary/aromatic N) is 1. The summed E-state index contributed by atoms with van der Waals surface area (Å²) in [6.45, 7) is 1.79. The minimum Gasteiger partial charge on any atom is -0.394 e. The van der Waals surface area contributed by atoms with Crippen LogP contribution in [-0.2, 0) is 20.2 Å². The van der Waals surface area contributed by atoms with Gasteiger partial charge in [0.15, 0.2) is 5.76 Å². The number of rotatable bonds is 5. The summed E-state index contributed by atoms with van der Waals surface area (Å²) in [6, 6.07) is 15.4. The van der Waals surface area contributed by atoms with Crippen LogP contribution < -0.4 is 10.5 Å². The van der Waals surface area contributed by atoms with Gasteiger partial charge in [-0.2, -0.15) is 0 Å². The molecular weight excluding hydrogens is 390 g/mol. The summed E-state index contributed by atoms with van der Waals surface area (Å²) in [6.07, 6.45) is 2.27. The van der Waals surface area contributed by atoms with Crippen LogP contribution in [0, 0.1) is 6.92 Å². The first-order valence-corrected chi connectivity index (χ1v) is 11.0. The van der Waals surface area contributed by atoms with Crippen molar-refractivity contribution in [2.24, 2.45) is 0 Å². The van der Waals surface area contributed by atoms with Gasteiger partial charge in [-0.1, -0.05) is 53.7 Å². The first kappa shape index (κ1) is 19.2. The lowest BCUT2D eigenvalue weighted by Gasteiger charge is -2.15. The lowest BCUT2D eigenvalue weighted by atomic mass is 9.93. The van der Waals surface area contributed by atoms with Crippen LogP contribution >= 0.6 is 0 Å². The topological polar surface area (TPSA) is 115 Å². The Morgan fingerprint density at radius 3 is 2.00 bits per heavy atom. The lowest BCUT2D eigenvalue weighted by molar-refractivity contribution is -0.121. The molecule has 1 amide bonds. The molecule has 1 fully saturated rings. The van der Waals surface area contributed by atoms with Crippen molar-refractivity contribution in [2.45, 2.75) is 25.2 Å². The second kappa shape index (κ2) is 6.73. The third-order valence-electron chi connectivity index (χ3n) is 5.29. The molecule has 0 saturated heterocycles. The second-order valence-electron chi connectivity index (χ2n) is 7.45. The summed E-state index contributed by atoms with van der Waals surface area (Å²) in [5.41, 5.74) is 10.1. The van der Waals surface area contributed by atoms with Gasteiger partial charge in [-0.3, -0.25) is 9.52 Å². The predicted octanol–water partition coefficient (Wildman–Crippen LogP) is 3.01. The largest absolute Gasteiger partial charge is 0.394 e. The molecule has 3 aromatic rings. The molecule has 0 aliphatic heterocycles. The van der Waals surface area contributed by atoms with Gasteiger partial charge in [-0.05, 0) is 36.5 Å². The summed E-state index contributed by atoms with van der Waals surface area (Å²) in [5, 5.41) is 3.88. The number of aromatic nitrogens is 1. The number of carbonyl (C=O) groups is 1. The number of nitrogens with one attached hydrogen (secondary N) is 1. The molecule has 29 heavy (non-hydrogen) atoms. The predicted molar refractivity (Wildman–Crippen MR) is 110 cm³/mol. The molecule has 0 atom stereocenters. The molecule has 0 spiro atoms. The number of sulfonamides is 1. The van der Waals surface area contributed by atoms with Gasteiger partial charge in [0.25, 0.3) is 0 Å². The van der Waals surface area contributed by atoms with E-state index in [4.69, 9.17) is 10.3 Å². The molecule has 1 aromatic heterocycles. The number of nitrogens with two attached hydrogens (primary N) is 1. The van der Waals surface area contributed by atoms with Crippen LogP contribution in [-0.4, -0.2) is 25.7 Å². The standard InChI is InChI=1S/C21H21N3O4S/c1-13-18(22)19(28-23-13)16-5-3-14(4-6-16)15-7-9-17(10-8-15)21(11-12-21)20(25)24-29(2,26)27/h3-10H,11-12,22H2,1-2H3,(H,24,25). The number of carbonyl (C=O) groups excluding carboxylic acids is 1. The first-order chi connectivity index (χ1) is 13.7. The number of nitrogen functional groups attached to an aromatic ring is 1. The van der Waals surface area contributed by atoms with Gasteiger partial charge in [-0.25, -0.2) is 8.42 Å². The molecular formula is C21H21N3O4S. The van der Waals surface area contributed by atoms with E-state index >= 15 is 0 Å². The molecule has 1 aliphatic carbocycles. The van der Waals surface area contributed by atoms with Gasteiger partial charge in [0.1, 0.15) is 11.4 Å². The van der Waals surface area contributed by atoms with Crippen LogP contribution in [0.2, 0.25) is 0 Å². The van der Waals surface area contributed by atoms with E-state index in [1.807, 2.05) is 48.5 Å². The van der Waals surface area contributed by atoms with Crippen LogP contribution in [0.5, 0.6) is 0 Å². The fourth-order valence-electron chi connectivity index (χ4n) is 3.42. The highest BCUT2D eigenvalue weighted by Crippen LogP contribution is 2.48. The Labute approximate surface area is 169 Å². The Morgan fingerprint density at radius 2 is 1.55 bits per heavy atom. The Bertz CT molecular complexity index is 1180. The van der Waals surface area contributed by atoms with Crippen LogP contribution in [0.3, 0.4) is 0 Å². The zero-order chi connectivity index (χ0) is 20.8. The summed E-state index contributed by atoms with van der Waals surface area (Å²) in [7, 11) is -3.57. The summed E-state index contributed by atoms with van der Waals surface area (Å²) in [5.74, 6) is 0.0917. The fourth-order valence-corrected chi connectivity index (χ4v) is 3.95. The van der Waals surface area contributed by atoms with Crippen molar-refractivity contribution in [2.75, 3.05) is 12.0 Å². The van der Waals surface area contributed by atoms with Crippen molar-refractivity contribution in [3.63, 3.8) is 0 Å².